The summed E-state index contributed by atoms with van der Waals surface area (Å²) in [4.78, 5) is 0. The van der Waals surface area contributed by atoms with Crippen LogP contribution in [0.25, 0.3) is 5.69 Å². The molecule has 1 unspecified atom stereocenters. The molecule has 1 aromatic heterocycles. The van der Waals surface area contributed by atoms with Crippen LogP contribution in [0, 0.1) is 5.82 Å². The third-order valence-electron chi connectivity index (χ3n) is 3.44. The maximum absolute atomic E-state index is 14.2. The van der Waals surface area contributed by atoms with E-state index in [1.807, 2.05) is 0 Å². The summed E-state index contributed by atoms with van der Waals surface area (Å²) >= 11 is 1.48. The lowest BCUT2D eigenvalue weighted by Gasteiger charge is -2.22. The van der Waals surface area contributed by atoms with E-state index < -0.39 is 0 Å². The molecule has 9 heteroatoms. The Morgan fingerprint density at radius 2 is 2.12 bits per heavy atom. The lowest BCUT2D eigenvalue weighted by Crippen LogP contribution is -2.30. The second kappa shape index (κ2) is 9.33. The highest BCUT2D eigenvalue weighted by atomic mass is 35.5. The van der Waals surface area contributed by atoms with Crippen molar-refractivity contribution in [1.29, 1.82) is 0 Å². The van der Waals surface area contributed by atoms with Crippen LogP contribution in [0.2, 0.25) is 0 Å². The fourth-order valence-electron chi connectivity index (χ4n) is 2.36. The van der Waals surface area contributed by atoms with E-state index >= 15 is 0 Å². The van der Waals surface area contributed by atoms with Gasteiger partial charge in [-0.25, -0.2) is 4.39 Å². The SMILES string of the molecule is Cl.NCCc1nnc(SCC2COCCO2)n1-c1ccccc1F. The molecule has 24 heavy (non-hydrogen) atoms. The normalized spacial score (nSPS) is 17.5. The van der Waals surface area contributed by atoms with E-state index in [-0.39, 0.29) is 24.3 Å². The van der Waals surface area contributed by atoms with Gasteiger partial charge in [-0.05, 0) is 18.7 Å². The molecule has 2 aromatic rings. The fourth-order valence-corrected chi connectivity index (χ4v) is 3.32. The average Bonchev–Trinajstić information content (AvgIpc) is 2.97. The molecule has 1 saturated heterocycles. The average molecular weight is 375 g/mol. The van der Waals surface area contributed by atoms with Gasteiger partial charge in [0.15, 0.2) is 5.16 Å². The number of nitrogens with zero attached hydrogens (tertiary/aromatic N) is 3. The number of ether oxygens (including phenoxy) is 2. The zero-order valence-electron chi connectivity index (χ0n) is 13.1. The maximum atomic E-state index is 14.2. The van der Waals surface area contributed by atoms with Gasteiger partial charge in [0.25, 0.3) is 0 Å². The van der Waals surface area contributed by atoms with Crippen molar-refractivity contribution in [1.82, 2.24) is 14.8 Å². The smallest absolute Gasteiger partial charge is 0.196 e. The zero-order chi connectivity index (χ0) is 16.1. The van der Waals surface area contributed by atoms with E-state index in [1.165, 1.54) is 17.8 Å². The van der Waals surface area contributed by atoms with Gasteiger partial charge >= 0.3 is 0 Å². The highest BCUT2D eigenvalue weighted by Gasteiger charge is 2.20. The van der Waals surface area contributed by atoms with Crippen molar-refractivity contribution in [2.24, 2.45) is 5.73 Å². The minimum atomic E-state index is -0.315. The minimum absolute atomic E-state index is 0. The van der Waals surface area contributed by atoms with Crippen LogP contribution in [0.3, 0.4) is 0 Å². The molecule has 3 rings (SSSR count). The van der Waals surface area contributed by atoms with Gasteiger partial charge in [0, 0.05) is 12.2 Å². The number of aromatic nitrogens is 3. The van der Waals surface area contributed by atoms with Crippen molar-refractivity contribution in [2.75, 3.05) is 32.1 Å². The molecule has 6 nitrogen and oxygen atoms in total. The summed E-state index contributed by atoms with van der Waals surface area (Å²) in [6, 6.07) is 6.58. The van der Waals surface area contributed by atoms with Crippen molar-refractivity contribution in [3.05, 3.63) is 35.9 Å². The number of benzene rings is 1. The van der Waals surface area contributed by atoms with Crippen LogP contribution in [0.4, 0.5) is 4.39 Å². The number of nitrogens with two attached hydrogens (primary N) is 1. The molecule has 132 valence electrons. The number of thioether (sulfide) groups is 1. The van der Waals surface area contributed by atoms with Gasteiger partial charge in [-0.2, -0.15) is 0 Å². The summed E-state index contributed by atoms with van der Waals surface area (Å²) in [6.45, 7) is 2.23. The molecule has 1 fully saturated rings. The molecule has 0 aliphatic carbocycles. The van der Waals surface area contributed by atoms with Gasteiger partial charge in [0.2, 0.25) is 0 Å². The summed E-state index contributed by atoms with van der Waals surface area (Å²) in [7, 11) is 0. The van der Waals surface area contributed by atoms with Gasteiger partial charge in [-0.15, -0.1) is 22.6 Å². The van der Waals surface area contributed by atoms with Crippen LogP contribution in [0.5, 0.6) is 0 Å². The van der Waals surface area contributed by atoms with Gasteiger partial charge in [0.05, 0.1) is 31.6 Å². The van der Waals surface area contributed by atoms with Crippen LogP contribution in [0.15, 0.2) is 29.4 Å². The van der Waals surface area contributed by atoms with E-state index in [2.05, 4.69) is 10.2 Å². The third-order valence-corrected chi connectivity index (χ3v) is 4.51. The Kier molecular flexibility index (Phi) is 7.44. The van der Waals surface area contributed by atoms with Crippen molar-refractivity contribution in [3.8, 4) is 5.69 Å². The Bertz CT molecular complexity index is 652. The molecular formula is C15H20ClFN4O2S. The molecule has 2 heterocycles. The first kappa shape index (κ1) is 19.1. The second-order valence-electron chi connectivity index (χ2n) is 5.10. The monoisotopic (exact) mass is 374 g/mol. The molecule has 0 spiro atoms. The number of para-hydroxylation sites is 1. The van der Waals surface area contributed by atoms with E-state index in [0.29, 0.717) is 55.2 Å². The molecule has 1 aromatic carbocycles. The topological polar surface area (TPSA) is 75.2 Å². The lowest BCUT2D eigenvalue weighted by atomic mass is 10.3. The molecule has 0 radical (unpaired) electrons. The molecule has 2 N–H and O–H groups in total. The fraction of sp³-hybridized carbons (Fsp3) is 0.467. The molecule has 0 amide bonds. The van der Waals surface area contributed by atoms with Crippen molar-refractivity contribution in [3.63, 3.8) is 0 Å². The summed E-state index contributed by atoms with van der Waals surface area (Å²) in [5, 5.41) is 8.99. The predicted molar refractivity (Wildman–Crippen MR) is 92.6 cm³/mol. The summed E-state index contributed by atoms with van der Waals surface area (Å²) < 4.78 is 26.9. The van der Waals surface area contributed by atoms with Crippen molar-refractivity contribution < 1.29 is 13.9 Å². The van der Waals surface area contributed by atoms with E-state index in [4.69, 9.17) is 15.2 Å². The van der Waals surface area contributed by atoms with Crippen LogP contribution >= 0.6 is 24.2 Å². The lowest BCUT2D eigenvalue weighted by molar-refractivity contribution is -0.0776. The van der Waals surface area contributed by atoms with Crippen LogP contribution in [-0.2, 0) is 15.9 Å². The van der Waals surface area contributed by atoms with Gasteiger partial charge < -0.3 is 15.2 Å². The van der Waals surface area contributed by atoms with Gasteiger partial charge in [-0.1, -0.05) is 23.9 Å². The first-order chi connectivity index (χ1) is 11.3. The van der Waals surface area contributed by atoms with E-state index in [0.717, 1.165) is 0 Å². The Morgan fingerprint density at radius 1 is 1.29 bits per heavy atom. The van der Waals surface area contributed by atoms with Crippen molar-refractivity contribution in [2.45, 2.75) is 17.7 Å². The summed E-state index contributed by atoms with van der Waals surface area (Å²) in [5.74, 6) is 1.01. The molecule has 0 saturated carbocycles. The quantitative estimate of drug-likeness (QED) is 0.777. The molecule has 1 aliphatic rings. The highest BCUT2D eigenvalue weighted by Crippen LogP contribution is 2.25. The van der Waals surface area contributed by atoms with Gasteiger partial charge in [0.1, 0.15) is 11.6 Å². The van der Waals surface area contributed by atoms with Crippen molar-refractivity contribution >= 4 is 24.2 Å². The molecular weight excluding hydrogens is 355 g/mol. The predicted octanol–water partition coefficient (Wildman–Crippen LogP) is 1.84. The van der Waals surface area contributed by atoms with Crippen LogP contribution in [0.1, 0.15) is 5.82 Å². The van der Waals surface area contributed by atoms with Crippen LogP contribution < -0.4 is 5.73 Å². The Labute approximate surface area is 150 Å². The third kappa shape index (κ3) is 4.46. The Balaban J connectivity index is 0.00000208. The molecule has 1 aliphatic heterocycles. The minimum Gasteiger partial charge on any atom is -0.376 e. The van der Waals surface area contributed by atoms with E-state index in [1.54, 1.807) is 22.8 Å². The van der Waals surface area contributed by atoms with E-state index in [9.17, 15) is 4.39 Å². The maximum Gasteiger partial charge on any atom is 0.196 e. The number of hydrogen-bond donors (Lipinski definition) is 1. The summed E-state index contributed by atoms with van der Waals surface area (Å²) in [6.07, 6.45) is 0.544. The van der Waals surface area contributed by atoms with Gasteiger partial charge in [-0.3, -0.25) is 4.57 Å². The zero-order valence-corrected chi connectivity index (χ0v) is 14.7. The number of halogens is 2. The standard InChI is InChI=1S/C15H19FN4O2S.ClH/c16-12-3-1-2-4-13(12)20-14(5-6-17)18-19-15(20)23-10-11-9-21-7-8-22-11;/h1-4,11H,5-10,17H2;1H. The molecule has 1 atom stereocenters. The van der Waals surface area contributed by atoms with Crippen LogP contribution in [-0.4, -0.2) is 53.0 Å². The number of rotatable bonds is 6. The molecule has 0 bridgehead atoms. The first-order valence-corrected chi connectivity index (χ1v) is 8.49. The number of hydrogen-bond acceptors (Lipinski definition) is 6. The summed E-state index contributed by atoms with van der Waals surface area (Å²) in [5.41, 5.74) is 6.06. The Hall–Kier alpha value is -1.19. The second-order valence-corrected chi connectivity index (χ2v) is 6.09. The Morgan fingerprint density at radius 3 is 2.83 bits per heavy atom. The first-order valence-electron chi connectivity index (χ1n) is 7.51. The highest BCUT2D eigenvalue weighted by molar-refractivity contribution is 7.99. The largest absolute Gasteiger partial charge is 0.376 e.